The van der Waals surface area contributed by atoms with Crippen LogP contribution in [0.2, 0.25) is 0 Å². The monoisotopic (exact) mass is 344 g/mol. The number of nitrogens with zero attached hydrogens (tertiary/aromatic N) is 1. The molecule has 24 heavy (non-hydrogen) atoms. The van der Waals surface area contributed by atoms with Gasteiger partial charge in [-0.1, -0.05) is 0 Å². The van der Waals surface area contributed by atoms with Gasteiger partial charge in [0, 0.05) is 29.6 Å². The smallest absolute Gasteiger partial charge is 0.269 e. The van der Waals surface area contributed by atoms with E-state index in [4.69, 9.17) is 0 Å². The van der Waals surface area contributed by atoms with Gasteiger partial charge in [0.2, 0.25) is 5.91 Å². The molecule has 0 radical (unpaired) electrons. The third kappa shape index (κ3) is 5.13. The van der Waals surface area contributed by atoms with Gasteiger partial charge in [-0.15, -0.1) is 11.3 Å². The second-order valence-corrected chi connectivity index (χ2v) is 6.21. The number of non-ortho nitro benzene ring substituents is 1. The molecule has 1 heterocycles. The quantitative estimate of drug-likeness (QED) is 0.361. The van der Waals surface area contributed by atoms with E-state index in [9.17, 15) is 19.7 Å². The number of hydrogen-bond donors (Lipinski definition) is 1. The molecule has 0 unspecified atom stereocenters. The summed E-state index contributed by atoms with van der Waals surface area (Å²) in [7, 11) is 0. The Kier molecular flexibility index (Phi) is 5.97. The lowest BCUT2D eigenvalue weighted by Gasteiger charge is -2.00. The Balaban J connectivity index is 1.79. The summed E-state index contributed by atoms with van der Waals surface area (Å²) in [6.07, 6.45) is 3.64. The summed E-state index contributed by atoms with van der Waals surface area (Å²) in [5.74, 6) is -0.196. The standard InChI is InChI=1S/C17H16N2O4S/c1-12(20)16-8-7-15(24-16)10-11-18-17(21)9-4-13-2-5-14(6-3-13)19(22)23/h2-9H,10-11H2,1H3,(H,18,21). The van der Waals surface area contributed by atoms with E-state index in [1.54, 1.807) is 24.3 Å². The molecular weight excluding hydrogens is 328 g/mol. The summed E-state index contributed by atoms with van der Waals surface area (Å²) in [5.41, 5.74) is 0.720. The van der Waals surface area contributed by atoms with E-state index in [2.05, 4.69) is 5.32 Å². The minimum atomic E-state index is -0.470. The normalized spacial score (nSPS) is 10.7. The first-order chi connectivity index (χ1) is 11.5. The van der Waals surface area contributed by atoms with Gasteiger partial charge in [-0.3, -0.25) is 19.7 Å². The van der Waals surface area contributed by atoms with Gasteiger partial charge in [-0.25, -0.2) is 0 Å². The van der Waals surface area contributed by atoms with Crippen molar-refractivity contribution in [2.24, 2.45) is 0 Å². The summed E-state index contributed by atoms with van der Waals surface area (Å²) in [6, 6.07) is 9.62. The van der Waals surface area contributed by atoms with Crippen LogP contribution in [-0.4, -0.2) is 23.2 Å². The number of rotatable bonds is 7. The highest BCUT2D eigenvalue weighted by molar-refractivity contribution is 7.14. The minimum absolute atomic E-state index is 0.0116. The topological polar surface area (TPSA) is 89.3 Å². The molecular formula is C17H16N2O4S. The van der Waals surface area contributed by atoms with Crippen LogP contribution in [0.3, 0.4) is 0 Å². The number of nitrogens with one attached hydrogen (secondary N) is 1. The van der Waals surface area contributed by atoms with Crippen molar-refractivity contribution in [2.75, 3.05) is 6.54 Å². The van der Waals surface area contributed by atoms with Crippen LogP contribution in [-0.2, 0) is 11.2 Å². The van der Waals surface area contributed by atoms with E-state index >= 15 is 0 Å². The minimum Gasteiger partial charge on any atom is -0.352 e. The van der Waals surface area contributed by atoms with E-state index < -0.39 is 4.92 Å². The molecule has 0 spiro atoms. The number of carbonyl (C=O) groups is 2. The molecule has 0 aliphatic heterocycles. The molecule has 6 nitrogen and oxygen atoms in total. The van der Waals surface area contributed by atoms with Gasteiger partial charge in [0.1, 0.15) is 0 Å². The number of hydrogen-bond acceptors (Lipinski definition) is 5. The highest BCUT2D eigenvalue weighted by atomic mass is 32.1. The second-order valence-electron chi connectivity index (χ2n) is 5.05. The predicted octanol–water partition coefficient (Wildman–Crippen LogP) is 3.23. The highest BCUT2D eigenvalue weighted by Crippen LogP contribution is 2.17. The van der Waals surface area contributed by atoms with Crippen LogP contribution in [0.1, 0.15) is 27.0 Å². The summed E-state index contributed by atoms with van der Waals surface area (Å²) in [6.45, 7) is 2.00. The van der Waals surface area contributed by atoms with E-state index in [0.717, 1.165) is 9.75 Å². The number of benzene rings is 1. The van der Waals surface area contributed by atoms with Crippen molar-refractivity contribution in [3.63, 3.8) is 0 Å². The zero-order chi connectivity index (χ0) is 17.5. The van der Waals surface area contributed by atoms with Gasteiger partial charge in [-0.05, 0) is 49.2 Å². The first-order valence-electron chi connectivity index (χ1n) is 7.26. The Bertz CT molecular complexity index is 778. The molecule has 124 valence electrons. The van der Waals surface area contributed by atoms with Crippen molar-refractivity contribution in [1.29, 1.82) is 0 Å². The summed E-state index contributed by atoms with van der Waals surface area (Å²) in [5, 5.41) is 13.3. The molecule has 1 N–H and O–H groups in total. The molecule has 1 aromatic carbocycles. The van der Waals surface area contributed by atoms with Gasteiger partial charge in [0.05, 0.1) is 9.80 Å². The first kappa shape index (κ1) is 17.6. The lowest BCUT2D eigenvalue weighted by Crippen LogP contribution is -2.23. The number of ketones is 1. The van der Waals surface area contributed by atoms with Crippen molar-refractivity contribution in [3.8, 4) is 0 Å². The first-order valence-corrected chi connectivity index (χ1v) is 8.07. The fourth-order valence-electron chi connectivity index (χ4n) is 1.95. The number of amides is 1. The molecule has 0 fully saturated rings. The fourth-order valence-corrected chi connectivity index (χ4v) is 2.85. The van der Waals surface area contributed by atoms with Crippen LogP contribution >= 0.6 is 11.3 Å². The number of nitro groups is 1. The zero-order valence-electron chi connectivity index (χ0n) is 13.0. The van der Waals surface area contributed by atoms with E-state index in [1.165, 1.54) is 36.5 Å². The number of Topliss-reactive ketones (excluding diaryl/α,β-unsaturated/α-hetero) is 1. The lowest BCUT2D eigenvalue weighted by atomic mass is 10.2. The van der Waals surface area contributed by atoms with Crippen LogP contribution in [0.5, 0.6) is 0 Å². The van der Waals surface area contributed by atoms with E-state index in [-0.39, 0.29) is 17.4 Å². The average molecular weight is 344 g/mol. The third-order valence-electron chi connectivity index (χ3n) is 3.21. The van der Waals surface area contributed by atoms with Crippen LogP contribution in [0, 0.1) is 10.1 Å². The van der Waals surface area contributed by atoms with Crippen LogP contribution in [0.4, 0.5) is 5.69 Å². The number of thiophene rings is 1. The molecule has 0 atom stereocenters. The Morgan fingerprint density at radius 2 is 1.92 bits per heavy atom. The van der Waals surface area contributed by atoms with E-state index in [1.807, 2.05) is 6.07 Å². The summed E-state index contributed by atoms with van der Waals surface area (Å²) in [4.78, 5) is 34.8. The van der Waals surface area contributed by atoms with Crippen molar-refractivity contribution in [3.05, 3.63) is 67.9 Å². The van der Waals surface area contributed by atoms with Crippen molar-refractivity contribution >= 4 is 34.8 Å². The summed E-state index contributed by atoms with van der Waals surface area (Å²) < 4.78 is 0. The van der Waals surface area contributed by atoms with Crippen LogP contribution < -0.4 is 5.32 Å². The Labute approximate surface area is 143 Å². The molecule has 0 saturated carbocycles. The SMILES string of the molecule is CC(=O)c1ccc(CCNC(=O)C=Cc2ccc([N+](=O)[O-])cc2)s1. The van der Waals surface area contributed by atoms with Gasteiger partial charge in [0.15, 0.2) is 5.78 Å². The predicted molar refractivity (Wildman–Crippen MR) is 93.2 cm³/mol. The largest absolute Gasteiger partial charge is 0.352 e. The van der Waals surface area contributed by atoms with Crippen molar-refractivity contribution in [2.45, 2.75) is 13.3 Å². The lowest BCUT2D eigenvalue weighted by molar-refractivity contribution is -0.384. The fraction of sp³-hybridized carbons (Fsp3) is 0.176. The Morgan fingerprint density at radius 1 is 1.21 bits per heavy atom. The van der Waals surface area contributed by atoms with Crippen LogP contribution in [0.15, 0.2) is 42.5 Å². The molecule has 0 bridgehead atoms. The number of nitro benzene ring substituents is 1. The second kappa shape index (κ2) is 8.16. The maximum Gasteiger partial charge on any atom is 0.269 e. The zero-order valence-corrected chi connectivity index (χ0v) is 13.8. The van der Waals surface area contributed by atoms with Crippen LogP contribution in [0.25, 0.3) is 6.08 Å². The Hall–Kier alpha value is -2.80. The maximum atomic E-state index is 11.7. The highest BCUT2D eigenvalue weighted by Gasteiger charge is 2.05. The molecule has 0 aliphatic rings. The molecule has 0 saturated heterocycles. The van der Waals surface area contributed by atoms with E-state index in [0.29, 0.717) is 18.5 Å². The molecule has 1 amide bonds. The molecule has 0 aliphatic carbocycles. The van der Waals surface area contributed by atoms with Crippen molar-refractivity contribution < 1.29 is 14.5 Å². The molecule has 7 heteroatoms. The number of carbonyl (C=O) groups excluding carboxylic acids is 2. The van der Waals surface area contributed by atoms with Gasteiger partial charge in [-0.2, -0.15) is 0 Å². The summed E-state index contributed by atoms with van der Waals surface area (Å²) >= 11 is 1.43. The molecule has 1 aromatic heterocycles. The Morgan fingerprint density at radius 3 is 2.50 bits per heavy atom. The van der Waals surface area contributed by atoms with Gasteiger partial charge >= 0.3 is 0 Å². The molecule has 2 aromatic rings. The maximum absolute atomic E-state index is 11.7. The third-order valence-corrected chi connectivity index (χ3v) is 4.46. The average Bonchev–Trinajstić information content (AvgIpc) is 3.02. The van der Waals surface area contributed by atoms with Gasteiger partial charge in [0.25, 0.3) is 5.69 Å². The molecule has 2 rings (SSSR count). The van der Waals surface area contributed by atoms with Crippen molar-refractivity contribution in [1.82, 2.24) is 5.32 Å². The van der Waals surface area contributed by atoms with Gasteiger partial charge < -0.3 is 5.32 Å².